The highest BCUT2D eigenvalue weighted by Crippen LogP contribution is 2.16. The summed E-state index contributed by atoms with van der Waals surface area (Å²) in [6.45, 7) is 3.21. The maximum Gasteiger partial charge on any atom is 0.175 e. The van der Waals surface area contributed by atoms with Crippen LogP contribution in [0.5, 0.6) is 0 Å². The van der Waals surface area contributed by atoms with Crippen molar-refractivity contribution in [2.75, 3.05) is 30.9 Å². The van der Waals surface area contributed by atoms with Crippen molar-refractivity contribution >= 4 is 21.6 Å². The van der Waals surface area contributed by atoms with Crippen LogP contribution in [0, 0.1) is 0 Å². The predicted molar refractivity (Wildman–Crippen MR) is 85.0 cm³/mol. The molecule has 0 bridgehead atoms. The molecule has 114 valence electrons. The minimum atomic E-state index is -3.12. The van der Waals surface area contributed by atoms with E-state index in [1.807, 2.05) is 23.9 Å². The van der Waals surface area contributed by atoms with Crippen molar-refractivity contribution in [2.24, 2.45) is 0 Å². The Balaban J connectivity index is 2.38. The average molecular weight is 317 g/mol. The van der Waals surface area contributed by atoms with Crippen LogP contribution in [0.2, 0.25) is 0 Å². The number of aliphatic hydroxyl groups excluding tert-OH is 1. The summed E-state index contributed by atoms with van der Waals surface area (Å²) in [6, 6.07) is 7.21. The van der Waals surface area contributed by atoms with E-state index in [0.29, 0.717) is 4.90 Å². The van der Waals surface area contributed by atoms with Gasteiger partial charge in [0.2, 0.25) is 0 Å². The highest BCUT2D eigenvalue weighted by atomic mass is 32.2. The van der Waals surface area contributed by atoms with Gasteiger partial charge in [0.25, 0.3) is 0 Å². The van der Waals surface area contributed by atoms with Crippen molar-refractivity contribution in [2.45, 2.75) is 24.3 Å². The van der Waals surface area contributed by atoms with E-state index in [1.54, 1.807) is 12.1 Å². The summed E-state index contributed by atoms with van der Waals surface area (Å²) in [6.07, 6.45) is 2.06. The Kier molecular flexibility index (Phi) is 7.58. The summed E-state index contributed by atoms with van der Waals surface area (Å²) in [5.41, 5.74) is 1.08. The molecule has 2 N–H and O–H groups in total. The fourth-order valence-electron chi connectivity index (χ4n) is 1.74. The molecule has 0 aromatic heterocycles. The summed E-state index contributed by atoms with van der Waals surface area (Å²) in [5.74, 6) is 1.99. The van der Waals surface area contributed by atoms with Crippen LogP contribution in [0.15, 0.2) is 29.2 Å². The standard InChI is InChI=1S/C14H23NO3S2/c1-12(15-8-11-19-10-3-9-16)13-4-6-14(7-5-13)20(2,17)18/h4-7,12,15-16H,3,8-11H2,1-2H3. The van der Waals surface area contributed by atoms with Crippen molar-refractivity contribution in [3.8, 4) is 0 Å². The zero-order valence-electron chi connectivity index (χ0n) is 12.0. The zero-order chi connectivity index (χ0) is 15.0. The second kappa shape index (κ2) is 8.67. The monoisotopic (exact) mass is 317 g/mol. The third-order valence-corrected chi connectivity index (χ3v) is 5.15. The summed E-state index contributed by atoms with van der Waals surface area (Å²) >= 11 is 1.82. The quantitative estimate of drug-likeness (QED) is 0.681. The van der Waals surface area contributed by atoms with Crippen LogP contribution in [-0.4, -0.2) is 44.4 Å². The molecule has 20 heavy (non-hydrogen) atoms. The Hall–Kier alpha value is -0.560. The maximum absolute atomic E-state index is 11.4. The van der Waals surface area contributed by atoms with E-state index >= 15 is 0 Å². The predicted octanol–water partition coefficient (Wildman–Crippen LogP) is 1.86. The lowest BCUT2D eigenvalue weighted by Gasteiger charge is -2.14. The topological polar surface area (TPSA) is 66.4 Å². The Bertz CT molecular complexity index is 486. The highest BCUT2D eigenvalue weighted by molar-refractivity contribution is 7.99. The Morgan fingerprint density at radius 1 is 1.25 bits per heavy atom. The first-order valence-electron chi connectivity index (χ1n) is 6.67. The molecule has 0 fully saturated rings. The molecular formula is C14H23NO3S2. The Morgan fingerprint density at radius 3 is 2.45 bits per heavy atom. The van der Waals surface area contributed by atoms with E-state index in [0.717, 1.165) is 30.0 Å². The van der Waals surface area contributed by atoms with E-state index in [4.69, 9.17) is 5.11 Å². The minimum absolute atomic E-state index is 0.196. The van der Waals surface area contributed by atoms with Gasteiger partial charge < -0.3 is 10.4 Å². The van der Waals surface area contributed by atoms with Crippen molar-refractivity contribution in [1.82, 2.24) is 5.32 Å². The molecule has 1 atom stereocenters. The summed E-state index contributed by atoms with van der Waals surface area (Å²) in [5, 5.41) is 12.1. The molecule has 0 saturated heterocycles. The molecule has 0 aliphatic heterocycles. The van der Waals surface area contributed by atoms with Gasteiger partial charge in [0.05, 0.1) is 4.90 Å². The molecule has 1 rings (SSSR count). The van der Waals surface area contributed by atoms with Gasteiger partial charge in [-0.2, -0.15) is 11.8 Å². The van der Waals surface area contributed by atoms with E-state index < -0.39 is 9.84 Å². The van der Waals surface area contributed by atoms with Crippen LogP contribution in [0.1, 0.15) is 24.9 Å². The van der Waals surface area contributed by atoms with Crippen molar-refractivity contribution in [3.63, 3.8) is 0 Å². The van der Waals surface area contributed by atoms with Crippen LogP contribution in [0.4, 0.5) is 0 Å². The van der Waals surface area contributed by atoms with Gasteiger partial charge in [0, 0.05) is 31.2 Å². The third kappa shape index (κ3) is 6.26. The van der Waals surface area contributed by atoms with Crippen LogP contribution in [-0.2, 0) is 9.84 Å². The normalized spacial score (nSPS) is 13.3. The molecule has 0 aliphatic carbocycles. The molecule has 0 radical (unpaired) electrons. The van der Waals surface area contributed by atoms with Gasteiger partial charge in [0.1, 0.15) is 0 Å². The fraction of sp³-hybridized carbons (Fsp3) is 0.571. The number of sulfone groups is 1. The molecule has 1 unspecified atom stereocenters. The van der Waals surface area contributed by atoms with E-state index in [-0.39, 0.29) is 12.6 Å². The molecule has 0 spiro atoms. The number of aliphatic hydroxyl groups is 1. The summed E-state index contributed by atoms with van der Waals surface area (Å²) in [7, 11) is -3.12. The van der Waals surface area contributed by atoms with Crippen molar-refractivity contribution < 1.29 is 13.5 Å². The maximum atomic E-state index is 11.4. The molecular weight excluding hydrogens is 294 g/mol. The van der Waals surface area contributed by atoms with Gasteiger partial charge in [-0.1, -0.05) is 12.1 Å². The lowest BCUT2D eigenvalue weighted by atomic mass is 10.1. The molecule has 1 aromatic rings. The van der Waals surface area contributed by atoms with Crippen molar-refractivity contribution in [3.05, 3.63) is 29.8 Å². The SMILES string of the molecule is CC(NCCSCCCO)c1ccc(S(C)(=O)=O)cc1. The number of benzene rings is 1. The zero-order valence-corrected chi connectivity index (χ0v) is 13.6. The molecule has 0 amide bonds. The first-order valence-corrected chi connectivity index (χ1v) is 9.72. The second-order valence-electron chi connectivity index (χ2n) is 4.71. The van der Waals surface area contributed by atoms with Crippen LogP contribution in [0.25, 0.3) is 0 Å². The molecule has 1 aromatic carbocycles. The van der Waals surface area contributed by atoms with Crippen molar-refractivity contribution in [1.29, 1.82) is 0 Å². The lowest BCUT2D eigenvalue weighted by molar-refractivity contribution is 0.296. The highest BCUT2D eigenvalue weighted by Gasteiger charge is 2.09. The second-order valence-corrected chi connectivity index (χ2v) is 7.95. The molecule has 0 heterocycles. The van der Waals surface area contributed by atoms with Crippen LogP contribution >= 0.6 is 11.8 Å². The minimum Gasteiger partial charge on any atom is -0.396 e. The van der Waals surface area contributed by atoms with Gasteiger partial charge in [0.15, 0.2) is 9.84 Å². The van der Waals surface area contributed by atoms with E-state index in [1.165, 1.54) is 6.26 Å². The number of rotatable bonds is 9. The van der Waals surface area contributed by atoms with E-state index in [9.17, 15) is 8.42 Å². The molecule has 0 aliphatic rings. The smallest absolute Gasteiger partial charge is 0.175 e. The fourth-order valence-corrected chi connectivity index (χ4v) is 3.17. The number of nitrogens with one attached hydrogen (secondary N) is 1. The number of thioether (sulfide) groups is 1. The van der Waals surface area contributed by atoms with Gasteiger partial charge in [-0.25, -0.2) is 8.42 Å². The first-order chi connectivity index (χ1) is 9.45. The lowest BCUT2D eigenvalue weighted by Crippen LogP contribution is -2.21. The van der Waals surface area contributed by atoms with Gasteiger partial charge in [-0.15, -0.1) is 0 Å². The van der Waals surface area contributed by atoms with Crippen LogP contribution < -0.4 is 5.32 Å². The van der Waals surface area contributed by atoms with Gasteiger partial charge in [-0.05, 0) is 36.8 Å². The average Bonchev–Trinajstić information content (AvgIpc) is 2.41. The largest absolute Gasteiger partial charge is 0.396 e. The Morgan fingerprint density at radius 2 is 1.90 bits per heavy atom. The summed E-state index contributed by atoms with van der Waals surface area (Å²) in [4.78, 5) is 0.355. The van der Waals surface area contributed by atoms with Gasteiger partial charge >= 0.3 is 0 Å². The number of hydrogen-bond acceptors (Lipinski definition) is 5. The molecule has 6 heteroatoms. The van der Waals surface area contributed by atoms with Crippen LogP contribution in [0.3, 0.4) is 0 Å². The third-order valence-electron chi connectivity index (χ3n) is 2.95. The van der Waals surface area contributed by atoms with Gasteiger partial charge in [-0.3, -0.25) is 0 Å². The first kappa shape index (κ1) is 17.5. The number of hydrogen-bond donors (Lipinski definition) is 2. The Labute approximate surface area is 125 Å². The molecule has 0 saturated carbocycles. The molecule has 4 nitrogen and oxygen atoms in total. The van der Waals surface area contributed by atoms with E-state index in [2.05, 4.69) is 12.2 Å². The summed E-state index contributed by atoms with van der Waals surface area (Å²) < 4.78 is 22.8.